The third-order valence-corrected chi connectivity index (χ3v) is 4.37. The number of rotatable bonds is 3. The quantitative estimate of drug-likeness (QED) is 0.880. The van der Waals surface area contributed by atoms with Crippen molar-refractivity contribution in [3.05, 3.63) is 34.4 Å². The summed E-state index contributed by atoms with van der Waals surface area (Å²) in [7, 11) is 0. The molecule has 0 atom stereocenters. The van der Waals surface area contributed by atoms with E-state index in [1.165, 1.54) is 22.3 Å². The van der Waals surface area contributed by atoms with Crippen LogP contribution >= 0.6 is 0 Å². The molecule has 1 fully saturated rings. The van der Waals surface area contributed by atoms with Gasteiger partial charge in [0.1, 0.15) is 0 Å². The van der Waals surface area contributed by atoms with Crippen LogP contribution in [0.2, 0.25) is 0 Å². The molecule has 1 N–H and O–H groups in total. The summed E-state index contributed by atoms with van der Waals surface area (Å²) in [4.78, 5) is 11.6. The highest BCUT2D eigenvalue weighted by molar-refractivity contribution is 5.75. The summed E-state index contributed by atoms with van der Waals surface area (Å²) in [6.45, 7) is 6.28. The standard InChI is InChI=1S/C16H22O2/c1-11-8-12(2)14(13(3)9-11)10-16(15(17)18)6-4-5-7-16/h8-9H,4-7,10H2,1-3H3,(H,17,18). The molecule has 2 rings (SSSR count). The fourth-order valence-electron chi connectivity index (χ4n) is 3.35. The minimum absolute atomic E-state index is 0.509. The van der Waals surface area contributed by atoms with Gasteiger partial charge in [-0.05, 0) is 56.7 Å². The number of aryl methyl sites for hydroxylation is 3. The molecule has 2 heteroatoms. The van der Waals surface area contributed by atoms with E-state index in [1.54, 1.807) is 0 Å². The van der Waals surface area contributed by atoms with Gasteiger partial charge in [0.05, 0.1) is 5.41 Å². The highest BCUT2D eigenvalue weighted by atomic mass is 16.4. The van der Waals surface area contributed by atoms with Crippen molar-refractivity contribution in [2.24, 2.45) is 5.41 Å². The van der Waals surface area contributed by atoms with Crippen LogP contribution in [-0.4, -0.2) is 11.1 Å². The second kappa shape index (κ2) is 4.75. The van der Waals surface area contributed by atoms with Crippen molar-refractivity contribution in [1.29, 1.82) is 0 Å². The van der Waals surface area contributed by atoms with Crippen molar-refractivity contribution in [2.45, 2.75) is 52.9 Å². The van der Waals surface area contributed by atoms with Gasteiger partial charge in [0.15, 0.2) is 0 Å². The molecule has 2 nitrogen and oxygen atoms in total. The van der Waals surface area contributed by atoms with E-state index in [2.05, 4.69) is 32.9 Å². The van der Waals surface area contributed by atoms with Gasteiger partial charge < -0.3 is 5.11 Å². The van der Waals surface area contributed by atoms with Gasteiger partial charge in [0, 0.05) is 0 Å². The van der Waals surface area contributed by atoms with Crippen LogP contribution in [-0.2, 0) is 11.2 Å². The van der Waals surface area contributed by atoms with Crippen LogP contribution in [0.4, 0.5) is 0 Å². The monoisotopic (exact) mass is 246 g/mol. The summed E-state index contributed by atoms with van der Waals surface area (Å²) in [5.74, 6) is -0.612. The molecular weight excluding hydrogens is 224 g/mol. The first-order valence-corrected chi connectivity index (χ1v) is 6.75. The van der Waals surface area contributed by atoms with Crippen LogP contribution in [0.1, 0.15) is 47.9 Å². The Morgan fingerprint density at radius 2 is 1.67 bits per heavy atom. The molecule has 0 radical (unpaired) electrons. The van der Waals surface area contributed by atoms with E-state index in [9.17, 15) is 9.90 Å². The molecule has 1 aliphatic carbocycles. The Balaban J connectivity index is 2.36. The first kappa shape index (κ1) is 13.1. The second-order valence-corrected chi connectivity index (χ2v) is 5.85. The van der Waals surface area contributed by atoms with E-state index in [0.29, 0.717) is 6.42 Å². The maximum Gasteiger partial charge on any atom is 0.309 e. The van der Waals surface area contributed by atoms with Crippen LogP contribution in [0.3, 0.4) is 0 Å². The van der Waals surface area contributed by atoms with Crippen molar-refractivity contribution in [1.82, 2.24) is 0 Å². The average Bonchev–Trinajstić information content (AvgIpc) is 2.73. The Morgan fingerprint density at radius 1 is 1.17 bits per heavy atom. The van der Waals surface area contributed by atoms with E-state index < -0.39 is 11.4 Å². The summed E-state index contributed by atoms with van der Waals surface area (Å²) in [6.07, 6.45) is 4.46. The zero-order valence-corrected chi connectivity index (χ0v) is 11.5. The number of hydrogen-bond donors (Lipinski definition) is 1. The maximum atomic E-state index is 11.6. The first-order valence-electron chi connectivity index (χ1n) is 6.75. The van der Waals surface area contributed by atoms with Crippen molar-refractivity contribution < 1.29 is 9.90 Å². The molecule has 98 valence electrons. The first-order chi connectivity index (χ1) is 8.44. The number of carboxylic acids is 1. The molecule has 1 aromatic rings. The van der Waals surface area contributed by atoms with Crippen LogP contribution in [0.5, 0.6) is 0 Å². The number of hydrogen-bond acceptors (Lipinski definition) is 1. The molecule has 0 unspecified atom stereocenters. The molecule has 0 spiro atoms. The van der Waals surface area contributed by atoms with E-state index >= 15 is 0 Å². The Kier molecular flexibility index (Phi) is 3.47. The predicted octanol–water partition coefficient (Wildman–Crippen LogP) is 3.80. The molecule has 0 aliphatic heterocycles. The van der Waals surface area contributed by atoms with E-state index in [1.807, 2.05) is 0 Å². The lowest BCUT2D eigenvalue weighted by atomic mass is 9.78. The fourth-order valence-corrected chi connectivity index (χ4v) is 3.35. The third kappa shape index (κ3) is 2.29. The number of aliphatic carboxylic acids is 1. The SMILES string of the molecule is Cc1cc(C)c(CC2(C(=O)O)CCCC2)c(C)c1. The molecule has 0 saturated heterocycles. The van der Waals surface area contributed by atoms with Gasteiger partial charge in [-0.2, -0.15) is 0 Å². The van der Waals surface area contributed by atoms with Crippen molar-refractivity contribution in [3.8, 4) is 0 Å². The summed E-state index contributed by atoms with van der Waals surface area (Å²) >= 11 is 0. The zero-order chi connectivity index (χ0) is 13.3. The summed E-state index contributed by atoms with van der Waals surface area (Å²) in [5.41, 5.74) is 4.46. The largest absolute Gasteiger partial charge is 0.481 e. The third-order valence-electron chi connectivity index (χ3n) is 4.37. The van der Waals surface area contributed by atoms with Crippen LogP contribution < -0.4 is 0 Å². The number of carbonyl (C=O) groups is 1. The lowest BCUT2D eigenvalue weighted by Gasteiger charge is -2.26. The van der Waals surface area contributed by atoms with Gasteiger partial charge in [-0.3, -0.25) is 4.79 Å². The molecule has 0 heterocycles. The van der Waals surface area contributed by atoms with E-state index in [0.717, 1.165) is 25.7 Å². The van der Waals surface area contributed by atoms with Gasteiger partial charge in [-0.15, -0.1) is 0 Å². The summed E-state index contributed by atoms with van der Waals surface area (Å²) in [5, 5.41) is 9.56. The normalized spacial score (nSPS) is 17.9. The van der Waals surface area contributed by atoms with Crippen LogP contribution in [0, 0.1) is 26.2 Å². The Hall–Kier alpha value is -1.31. The molecule has 1 aromatic carbocycles. The van der Waals surface area contributed by atoms with Gasteiger partial charge in [0.25, 0.3) is 0 Å². The Labute approximate surface area is 109 Å². The van der Waals surface area contributed by atoms with Crippen molar-refractivity contribution in [3.63, 3.8) is 0 Å². The van der Waals surface area contributed by atoms with Gasteiger partial charge in [-0.25, -0.2) is 0 Å². The second-order valence-electron chi connectivity index (χ2n) is 5.85. The van der Waals surface area contributed by atoms with Gasteiger partial charge in [-0.1, -0.05) is 30.5 Å². The average molecular weight is 246 g/mol. The lowest BCUT2D eigenvalue weighted by Crippen LogP contribution is -2.30. The topological polar surface area (TPSA) is 37.3 Å². The van der Waals surface area contributed by atoms with Crippen molar-refractivity contribution >= 4 is 5.97 Å². The van der Waals surface area contributed by atoms with E-state index in [-0.39, 0.29) is 0 Å². The highest BCUT2D eigenvalue weighted by Gasteiger charge is 2.41. The van der Waals surface area contributed by atoms with Gasteiger partial charge in [0.2, 0.25) is 0 Å². The minimum atomic E-state index is -0.612. The zero-order valence-electron chi connectivity index (χ0n) is 11.5. The van der Waals surface area contributed by atoms with Gasteiger partial charge >= 0.3 is 5.97 Å². The Morgan fingerprint density at radius 3 is 2.11 bits per heavy atom. The number of carboxylic acid groups (broad SMARTS) is 1. The minimum Gasteiger partial charge on any atom is -0.481 e. The van der Waals surface area contributed by atoms with Crippen molar-refractivity contribution in [2.75, 3.05) is 0 Å². The molecule has 1 saturated carbocycles. The van der Waals surface area contributed by atoms with Crippen LogP contribution in [0.15, 0.2) is 12.1 Å². The number of benzene rings is 1. The molecule has 18 heavy (non-hydrogen) atoms. The molecular formula is C16H22O2. The molecule has 0 aromatic heterocycles. The summed E-state index contributed by atoms with van der Waals surface area (Å²) < 4.78 is 0. The molecule has 0 bridgehead atoms. The van der Waals surface area contributed by atoms with E-state index in [4.69, 9.17) is 0 Å². The molecule has 1 aliphatic rings. The highest BCUT2D eigenvalue weighted by Crippen LogP contribution is 2.42. The maximum absolute atomic E-state index is 11.6. The summed E-state index contributed by atoms with van der Waals surface area (Å²) in [6, 6.07) is 4.32. The predicted molar refractivity (Wildman–Crippen MR) is 72.9 cm³/mol. The molecule has 0 amide bonds. The lowest BCUT2D eigenvalue weighted by molar-refractivity contribution is -0.148. The fraction of sp³-hybridized carbons (Fsp3) is 0.562. The van der Waals surface area contributed by atoms with Crippen LogP contribution in [0.25, 0.3) is 0 Å². The Bertz CT molecular complexity index is 445. The smallest absolute Gasteiger partial charge is 0.309 e.